The lowest BCUT2D eigenvalue weighted by molar-refractivity contribution is 0.0319. The number of halogens is 1. The number of carbonyl (C=O) groups is 1. The van der Waals surface area contributed by atoms with E-state index >= 15 is 0 Å². The Balaban J connectivity index is 1.60. The van der Waals surface area contributed by atoms with E-state index in [4.69, 9.17) is 21.1 Å². The maximum absolute atomic E-state index is 13.4. The summed E-state index contributed by atoms with van der Waals surface area (Å²) in [5, 5.41) is 2.20. The summed E-state index contributed by atoms with van der Waals surface area (Å²) in [6.45, 7) is 4.98. The summed E-state index contributed by atoms with van der Waals surface area (Å²) in [5.41, 5.74) is 1.13. The van der Waals surface area contributed by atoms with Crippen molar-refractivity contribution in [2.75, 3.05) is 53.1 Å². The number of hydrogen-bond donors (Lipinski definition) is 0. The van der Waals surface area contributed by atoms with Gasteiger partial charge < -0.3 is 18.9 Å². The fraction of sp³-hybridized carbons (Fsp3) is 0.440. The van der Waals surface area contributed by atoms with E-state index in [0.717, 1.165) is 13.1 Å². The predicted molar refractivity (Wildman–Crippen MR) is 143 cm³/mol. The number of sulfone groups is 1. The van der Waals surface area contributed by atoms with E-state index < -0.39 is 9.84 Å². The van der Waals surface area contributed by atoms with Gasteiger partial charge in [-0.15, -0.1) is 11.3 Å². The maximum Gasteiger partial charge on any atom is 0.264 e. The molecule has 1 saturated heterocycles. The van der Waals surface area contributed by atoms with Crippen molar-refractivity contribution in [2.45, 2.75) is 24.0 Å². The number of amides is 1. The van der Waals surface area contributed by atoms with E-state index in [1.165, 1.54) is 11.3 Å². The molecular weight excluding hydrogens is 536 g/mol. The molecule has 1 fully saturated rings. The van der Waals surface area contributed by atoms with Gasteiger partial charge in [-0.25, -0.2) is 13.4 Å². The molecule has 0 atom stereocenters. The van der Waals surface area contributed by atoms with Crippen molar-refractivity contribution in [1.82, 2.24) is 19.4 Å². The fourth-order valence-electron chi connectivity index (χ4n) is 4.16. The van der Waals surface area contributed by atoms with Gasteiger partial charge in [0.25, 0.3) is 5.91 Å². The molecule has 0 N–H and O–H groups in total. The van der Waals surface area contributed by atoms with Crippen molar-refractivity contribution in [3.8, 4) is 0 Å². The van der Waals surface area contributed by atoms with Crippen LogP contribution in [0.5, 0.6) is 0 Å². The highest BCUT2D eigenvalue weighted by atomic mass is 35.5. The van der Waals surface area contributed by atoms with Gasteiger partial charge in [-0.2, -0.15) is 0 Å². The van der Waals surface area contributed by atoms with Crippen LogP contribution in [0.3, 0.4) is 0 Å². The summed E-state index contributed by atoms with van der Waals surface area (Å²) in [5.74, 6) is -0.367. The zero-order valence-electron chi connectivity index (χ0n) is 20.7. The van der Waals surface area contributed by atoms with Gasteiger partial charge in [-0.05, 0) is 23.1 Å². The van der Waals surface area contributed by atoms with Gasteiger partial charge in [0.1, 0.15) is 0 Å². The molecule has 9 nitrogen and oxygen atoms in total. The lowest BCUT2D eigenvalue weighted by Crippen LogP contribution is -2.43. The third kappa shape index (κ3) is 7.18. The van der Waals surface area contributed by atoms with Gasteiger partial charge >= 0.3 is 0 Å². The van der Waals surface area contributed by atoms with E-state index in [9.17, 15) is 13.2 Å². The summed E-state index contributed by atoms with van der Waals surface area (Å²) in [7, 11) is -2.26. The largest absolute Gasteiger partial charge is 0.383 e. The summed E-state index contributed by atoms with van der Waals surface area (Å²) in [6, 6.07) is 10.5. The minimum atomic E-state index is -3.82. The Morgan fingerprint density at radius 2 is 1.97 bits per heavy atom. The van der Waals surface area contributed by atoms with Crippen molar-refractivity contribution in [2.24, 2.45) is 0 Å². The summed E-state index contributed by atoms with van der Waals surface area (Å²) in [4.78, 5) is 22.4. The first-order chi connectivity index (χ1) is 17.9. The minimum Gasteiger partial charge on any atom is -0.383 e. The van der Waals surface area contributed by atoms with Crippen molar-refractivity contribution < 1.29 is 22.7 Å². The number of imidazole rings is 1. The number of carbonyl (C=O) groups excluding carboxylic acids is 1. The van der Waals surface area contributed by atoms with Gasteiger partial charge in [0, 0.05) is 44.9 Å². The molecule has 0 bridgehead atoms. The van der Waals surface area contributed by atoms with Crippen molar-refractivity contribution in [1.29, 1.82) is 0 Å². The van der Waals surface area contributed by atoms with Crippen LogP contribution in [0.4, 0.5) is 0 Å². The molecule has 1 aromatic carbocycles. The van der Waals surface area contributed by atoms with Crippen LogP contribution in [0.1, 0.15) is 20.9 Å². The SMILES string of the molecule is COCCn1c(CN(CCN2CCOCC2)C(=O)c2cccs2)cnc1S(=O)(=O)Cc1ccccc1Cl. The van der Waals surface area contributed by atoms with Gasteiger partial charge in [0.2, 0.25) is 15.0 Å². The molecule has 0 radical (unpaired) electrons. The average molecular weight is 567 g/mol. The first-order valence-corrected chi connectivity index (χ1v) is 14.9. The van der Waals surface area contributed by atoms with Crippen LogP contribution in [-0.4, -0.2) is 86.8 Å². The Bertz CT molecular complexity index is 1270. The van der Waals surface area contributed by atoms with Gasteiger partial charge in [0.15, 0.2) is 0 Å². The molecular formula is C25H31ClN4O5S2. The molecule has 3 aromatic rings. The van der Waals surface area contributed by atoms with Crippen LogP contribution in [-0.2, 0) is 38.2 Å². The standard InChI is InChI=1S/C25H31ClN4O5S2/c1-34-13-12-30-21(17-27-25(30)37(32,33)19-20-5-2-3-6-22(20)26)18-29(24(31)23-7-4-16-36-23)9-8-28-10-14-35-15-11-28/h2-7,16-17H,8-15,18-19H2,1H3. The van der Waals surface area contributed by atoms with E-state index in [0.29, 0.717) is 54.1 Å². The molecule has 0 saturated carbocycles. The molecule has 3 heterocycles. The normalized spacial score (nSPS) is 14.6. The van der Waals surface area contributed by atoms with Crippen LogP contribution in [0, 0.1) is 0 Å². The lowest BCUT2D eigenvalue weighted by Gasteiger charge is -2.30. The van der Waals surface area contributed by atoms with Gasteiger partial charge in [0.05, 0.1) is 48.9 Å². The van der Waals surface area contributed by atoms with Gasteiger partial charge in [-0.3, -0.25) is 9.69 Å². The second kappa shape index (κ2) is 13.0. The molecule has 37 heavy (non-hydrogen) atoms. The maximum atomic E-state index is 13.4. The predicted octanol–water partition coefficient (Wildman–Crippen LogP) is 3.19. The van der Waals surface area contributed by atoms with E-state index in [1.807, 2.05) is 11.4 Å². The van der Waals surface area contributed by atoms with E-state index in [-0.39, 0.29) is 29.9 Å². The quantitative estimate of drug-likeness (QED) is 0.332. The number of thiophene rings is 1. The molecule has 0 unspecified atom stereocenters. The molecule has 0 aliphatic carbocycles. The molecule has 0 spiro atoms. The molecule has 2 aromatic heterocycles. The summed E-state index contributed by atoms with van der Waals surface area (Å²) >= 11 is 7.62. The van der Waals surface area contributed by atoms with Crippen LogP contribution in [0.2, 0.25) is 5.02 Å². The summed E-state index contributed by atoms with van der Waals surface area (Å²) < 4.78 is 39.1. The highest BCUT2D eigenvalue weighted by Gasteiger charge is 2.27. The zero-order valence-corrected chi connectivity index (χ0v) is 23.1. The van der Waals surface area contributed by atoms with Crippen molar-refractivity contribution >= 4 is 38.7 Å². The molecule has 200 valence electrons. The Morgan fingerprint density at radius 3 is 2.68 bits per heavy atom. The molecule has 1 aliphatic heterocycles. The molecule has 1 aliphatic rings. The number of nitrogens with zero attached hydrogens (tertiary/aromatic N) is 4. The van der Waals surface area contributed by atoms with E-state index in [1.54, 1.807) is 53.1 Å². The molecule has 1 amide bonds. The highest BCUT2D eigenvalue weighted by molar-refractivity contribution is 7.90. The van der Waals surface area contributed by atoms with Crippen LogP contribution in [0.15, 0.2) is 53.1 Å². The van der Waals surface area contributed by atoms with Crippen molar-refractivity contribution in [3.63, 3.8) is 0 Å². The second-order valence-electron chi connectivity index (χ2n) is 8.69. The smallest absolute Gasteiger partial charge is 0.264 e. The Hall–Kier alpha value is -2.28. The number of ether oxygens (including phenoxy) is 2. The number of hydrogen-bond acceptors (Lipinski definition) is 8. The Kier molecular flexibility index (Phi) is 9.74. The van der Waals surface area contributed by atoms with E-state index in [2.05, 4.69) is 9.88 Å². The monoisotopic (exact) mass is 566 g/mol. The third-order valence-electron chi connectivity index (χ3n) is 6.16. The van der Waals surface area contributed by atoms with Crippen LogP contribution in [0.25, 0.3) is 0 Å². The minimum absolute atomic E-state index is 0.0591. The highest BCUT2D eigenvalue weighted by Crippen LogP contribution is 2.23. The number of methoxy groups -OCH3 is 1. The topological polar surface area (TPSA) is 94.0 Å². The lowest BCUT2D eigenvalue weighted by atomic mass is 10.2. The van der Waals surface area contributed by atoms with Crippen LogP contribution >= 0.6 is 22.9 Å². The Labute approximate surface area is 226 Å². The molecule has 4 rings (SSSR count). The van der Waals surface area contributed by atoms with Gasteiger partial charge in [-0.1, -0.05) is 35.9 Å². The van der Waals surface area contributed by atoms with Crippen molar-refractivity contribution in [3.05, 3.63) is 69.1 Å². The number of aromatic nitrogens is 2. The molecule has 12 heteroatoms. The number of benzene rings is 1. The second-order valence-corrected chi connectivity index (χ2v) is 11.9. The number of morpholine rings is 1. The third-order valence-corrected chi connectivity index (χ3v) is 8.96. The number of rotatable bonds is 12. The first-order valence-electron chi connectivity index (χ1n) is 12.0. The average Bonchev–Trinajstić information content (AvgIpc) is 3.57. The summed E-state index contributed by atoms with van der Waals surface area (Å²) in [6.07, 6.45) is 1.54. The fourth-order valence-corrected chi connectivity index (χ4v) is 6.68. The van der Waals surface area contributed by atoms with Crippen LogP contribution < -0.4 is 0 Å². The first kappa shape index (κ1) is 27.7. The zero-order chi connectivity index (χ0) is 26.3. The Morgan fingerprint density at radius 1 is 1.19 bits per heavy atom.